The molecule has 9 nitrogen and oxygen atoms in total. The predicted octanol–water partition coefficient (Wildman–Crippen LogP) is 3.87. The quantitative estimate of drug-likeness (QED) is 0.335. The highest BCUT2D eigenvalue weighted by molar-refractivity contribution is 5.93. The first kappa shape index (κ1) is 20.9. The van der Waals surface area contributed by atoms with Crippen LogP contribution >= 0.6 is 0 Å². The third-order valence-electron chi connectivity index (χ3n) is 4.81. The van der Waals surface area contributed by atoms with Crippen molar-refractivity contribution in [1.82, 2.24) is 19.3 Å². The molecule has 1 N–H and O–H groups in total. The van der Waals surface area contributed by atoms with Gasteiger partial charge in [0.25, 0.3) is 0 Å². The summed E-state index contributed by atoms with van der Waals surface area (Å²) < 4.78 is 16.5. The molecule has 0 aliphatic rings. The molecule has 0 saturated heterocycles. The summed E-state index contributed by atoms with van der Waals surface area (Å²) in [6.07, 6.45) is 4.09. The number of nitrogens with zero attached hydrogens (tertiary/aromatic N) is 5. The van der Waals surface area contributed by atoms with Gasteiger partial charge < -0.3 is 9.88 Å². The van der Waals surface area contributed by atoms with Gasteiger partial charge in [0.15, 0.2) is 0 Å². The Kier molecular flexibility index (Phi) is 6.02. The van der Waals surface area contributed by atoms with Crippen LogP contribution in [-0.2, 0) is 17.9 Å². The van der Waals surface area contributed by atoms with Crippen LogP contribution in [0.3, 0.4) is 0 Å². The Labute approximate surface area is 182 Å². The lowest BCUT2D eigenvalue weighted by atomic mass is 10.1. The van der Waals surface area contributed by atoms with E-state index in [0.29, 0.717) is 23.6 Å². The minimum atomic E-state index is -0.541. The third-order valence-corrected chi connectivity index (χ3v) is 4.81. The van der Waals surface area contributed by atoms with E-state index in [4.69, 9.17) is 0 Å². The Morgan fingerprint density at radius 1 is 1.12 bits per heavy atom. The Hall–Kier alpha value is -4.34. The van der Waals surface area contributed by atoms with E-state index in [1.807, 2.05) is 34.9 Å². The highest BCUT2D eigenvalue weighted by Crippen LogP contribution is 2.28. The smallest absolute Gasteiger partial charge is 0.306 e. The molecule has 0 atom stereocenters. The number of amides is 1. The van der Waals surface area contributed by atoms with Gasteiger partial charge >= 0.3 is 5.69 Å². The van der Waals surface area contributed by atoms with Crippen molar-refractivity contribution in [3.8, 4) is 11.3 Å². The number of carbonyl (C=O) groups is 1. The van der Waals surface area contributed by atoms with Crippen molar-refractivity contribution < 1.29 is 14.1 Å². The van der Waals surface area contributed by atoms with Gasteiger partial charge in [0.05, 0.1) is 17.8 Å². The van der Waals surface area contributed by atoms with Gasteiger partial charge in [0.2, 0.25) is 5.91 Å². The largest absolute Gasteiger partial charge is 0.312 e. The van der Waals surface area contributed by atoms with Crippen LogP contribution in [0.15, 0.2) is 73.3 Å². The fraction of sp³-hybridized carbons (Fsp3) is 0.136. The molecule has 0 bridgehead atoms. The van der Waals surface area contributed by atoms with Crippen LogP contribution in [0.25, 0.3) is 11.3 Å². The van der Waals surface area contributed by atoms with Crippen molar-refractivity contribution in [2.45, 2.75) is 19.5 Å². The molecule has 2 aromatic carbocycles. The van der Waals surface area contributed by atoms with E-state index in [9.17, 15) is 19.3 Å². The second-order valence-corrected chi connectivity index (χ2v) is 7.08. The van der Waals surface area contributed by atoms with E-state index in [1.165, 1.54) is 23.0 Å². The monoisotopic (exact) mass is 434 g/mol. The lowest BCUT2D eigenvalue weighted by molar-refractivity contribution is -0.385. The van der Waals surface area contributed by atoms with Crippen molar-refractivity contribution in [2.75, 3.05) is 5.32 Å². The number of hydrogen-bond acceptors (Lipinski definition) is 5. The van der Waals surface area contributed by atoms with Crippen molar-refractivity contribution in [1.29, 1.82) is 0 Å². The molecule has 0 saturated carbocycles. The van der Waals surface area contributed by atoms with Crippen molar-refractivity contribution in [3.05, 3.63) is 94.8 Å². The lowest BCUT2D eigenvalue weighted by Gasteiger charge is -2.12. The average molecular weight is 434 g/mol. The molecule has 0 radical (unpaired) electrons. The highest BCUT2D eigenvalue weighted by atomic mass is 19.1. The Morgan fingerprint density at radius 2 is 1.88 bits per heavy atom. The topological polar surface area (TPSA) is 108 Å². The summed E-state index contributed by atoms with van der Waals surface area (Å²) >= 11 is 0. The van der Waals surface area contributed by atoms with Gasteiger partial charge in [-0.3, -0.25) is 19.6 Å². The minimum Gasteiger partial charge on any atom is -0.312 e. The maximum atomic E-state index is 13.4. The first-order valence-electron chi connectivity index (χ1n) is 9.81. The van der Waals surface area contributed by atoms with Crippen LogP contribution in [0.2, 0.25) is 0 Å². The molecule has 10 heteroatoms. The molecule has 0 spiro atoms. The average Bonchev–Trinajstić information content (AvgIpc) is 3.42. The lowest BCUT2D eigenvalue weighted by Crippen LogP contribution is -2.18. The van der Waals surface area contributed by atoms with Crippen molar-refractivity contribution in [2.24, 2.45) is 0 Å². The number of aromatic nitrogens is 4. The first-order chi connectivity index (χ1) is 15.5. The minimum absolute atomic E-state index is 0.0538. The molecule has 4 rings (SSSR count). The summed E-state index contributed by atoms with van der Waals surface area (Å²) in [6.45, 7) is 0.661. The molecule has 0 aliphatic carbocycles. The zero-order valence-electron chi connectivity index (χ0n) is 16.9. The van der Waals surface area contributed by atoms with Crippen LogP contribution in [0.4, 0.5) is 15.9 Å². The van der Waals surface area contributed by atoms with Crippen LogP contribution in [0.5, 0.6) is 0 Å². The van der Waals surface area contributed by atoms with Crippen molar-refractivity contribution >= 4 is 17.4 Å². The third kappa shape index (κ3) is 4.86. The molecular weight excluding hydrogens is 415 g/mol. The molecule has 1 amide bonds. The summed E-state index contributed by atoms with van der Waals surface area (Å²) in [4.78, 5) is 27.4. The molecular formula is C22H19FN6O3. The van der Waals surface area contributed by atoms with E-state index < -0.39 is 4.92 Å². The van der Waals surface area contributed by atoms with E-state index in [-0.39, 0.29) is 30.4 Å². The van der Waals surface area contributed by atoms with Gasteiger partial charge in [-0.15, -0.1) is 0 Å². The maximum absolute atomic E-state index is 13.4. The Morgan fingerprint density at radius 3 is 2.56 bits per heavy atom. The summed E-state index contributed by atoms with van der Waals surface area (Å²) in [6, 6.07) is 15.6. The van der Waals surface area contributed by atoms with Gasteiger partial charge in [-0.2, -0.15) is 5.10 Å². The second-order valence-electron chi connectivity index (χ2n) is 7.08. The number of anilines is 1. The highest BCUT2D eigenvalue weighted by Gasteiger charge is 2.17. The van der Waals surface area contributed by atoms with Gasteiger partial charge in [0.1, 0.15) is 29.7 Å². The Balaban J connectivity index is 1.55. The van der Waals surface area contributed by atoms with Gasteiger partial charge in [0, 0.05) is 18.5 Å². The predicted molar refractivity (Wildman–Crippen MR) is 115 cm³/mol. The number of carbonyl (C=O) groups excluding carboxylic acids is 1. The number of benzene rings is 2. The zero-order valence-corrected chi connectivity index (χ0v) is 16.9. The van der Waals surface area contributed by atoms with Crippen LogP contribution in [-0.4, -0.2) is 30.2 Å². The molecule has 0 unspecified atom stereocenters. The second kappa shape index (κ2) is 9.21. The van der Waals surface area contributed by atoms with E-state index >= 15 is 0 Å². The summed E-state index contributed by atoms with van der Waals surface area (Å²) in [5.74, 6) is -0.186. The standard InChI is InChI=1S/C22H19FN6O3/c23-18-8-6-17(7-9-18)21-22(27(15-24-21)13-16-4-2-1-3-5-16)26-20(30)10-11-28-14-19(12-25-28)29(31)32/h1-9,12,14-15H,10-11,13H2,(H,26,30). The number of halogens is 1. The fourth-order valence-corrected chi connectivity index (χ4v) is 3.21. The van der Waals surface area contributed by atoms with Gasteiger partial charge in [-0.25, -0.2) is 9.37 Å². The van der Waals surface area contributed by atoms with Gasteiger partial charge in [-0.1, -0.05) is 30.3 Å². The number of imidazole rings is 1. The number of rotatable bonds is 8. The summed E-state index contributed by atoms with van der Waals surface area (Å²) in [5, 5.41) is 17.6. The molecule has 2 aromatic heterocycles. The molecule has 4 aromatic rings. The van der Waals surface area contributed by atoms with Crippen molar-refractivity contribution in [3.63, 3.8) is 0 Å². The maximum Gasteiger partial charge on any atom is 0.306 e. The molecule has 32 heavy (non-hydrogen) atoms. The molecule has 0 aliphatic heterocycles. The van der Waals surface area contributed by atoms with Crippen LogP contribution < -0.4 is 5.32 Å². The van der Waals surface area contributed by atoms with Gasteiger partial charge in [-0.05, 0) is 29.8 Å². The summed E-state index contributed by atoms with van der Waals surface area (Å²) in [7, 11) is 0. The van der Waals surface area contributed by atoms with E-state index in [0.717, 1.165) is 11.8 Å². The van der Waals surface area contributed by atoms with Crippen LogP contribution in [0.1, 0.15) is 12.0 Å². The molecule has 2 heterocycles. The van der Waals surface area contributed by atoms with E-state index in [2.05, 4.69) is 15.4 Å². The van der Waals surface area contributed by atoms with Crippen LogP contribution in [0, 0.1) is 15.9 Å². The Bertz CT molecular complexity index is 1230. The number of aryl methyl sites for hydroxylation is 1. The summed E-state index contributed by atoms with van der Waals surface area (Å²) in [5.41, 5.74) is 2.07. The zero-order chi connectivity index (χ0) is 22.5. The number of nitro groups is 1. The molecule has 0 fully saturated rings. The number of nitrogens with one attached hydrogen (secondary N) is 1. The fourth-order valence-electron chi connectivity index (χ4n) is 3.21. The molecule has 162 valence electrons. The SMILES string of the molecule is O=C(CCn1cc([N+](=O)[O-])cn1)Nc1c(-c2ccc(F)cc2)ncn1Cc1ccccc1. The normalized spacial score (nSPS) is 10.8. The number of hydrogen-bond donors (Lipinski definition) is 1. The van der Waals surface area contributed by atoms with E-state index in [1.54, 1.807) is 18.5 Å². The first-order valence-corrected chi connectivity index (χ1v) is 9.81.